The Balaban J connectivity index is 1.58. The molecule has 0 radical (unpaired) electrons. The number of aromatic nitrogens is 3. The van der Waals surface area contributed by atoms with Gasteiger partial charge < -0.3 is 9.80 Å². The van der Waals surface area contributed by atoms with Gasteiger partial charge in [-0.25, -0.2) is 9.97 Å². The maximum atomic E-state index is 9.09. The van der Waals surface area contributed by atoms with Crippen LogP contribution in [0.3, 0.4) is 0 Å². The fraction of sp³-hybridized carbons (Fsp3) is 0.409. The van der Waals surface area contributed by atoms with Gasteiger partial charge in [-0.2, -0.15) is 5.26 Å². The molecular formula is C22H24N6. The lowest BCUT2D eigenvalue weighted by Crippen LogP contribution is -2.31. The lowest BCUT2D eigenvalue weighted by molar-refractivity contribution is 0.311. The van der Waals surface area contributed by atoms with Gasteiger partial charge in [0.15, 0.2) is 0 Å². The van der Waals surface area contributed by atoms with Crippen LogP contribution in [-0.4, -0.2) is 52.5 Å². The summed E-state index contributed by atoms with van der Waals surface area (Å²) in [4.78, 5) is 14.6. The Kier molecular flexibility index (Phi) is 3.88. The van der Waals surface area contributed by atoms with E-state index >= 15 is 0 Å². The van der Waals surface area contributed by atoms with Crippen LogP contribution in [0.2, 0.25) is 0 Å². The highest BCUT2D eigenvalue weighted by atomic mass is 15.3. The quantitative estimate of drug-likeness (QED) is 0.692. The Morgan fingerprint density at radius 2 is 1.89 bits per heavy atom. The summed E-state index contributed by atoms with van der Waals surface area (Å²) in [7, 11) is 2.22. The fourth-order valence-corrected chi connectivity index (χ4v) is 4.89. The molecule has 2 aromatic heterocycles. The third-order valence-electron chi connectivity index (χ3n) is 6.40. The van der Waals surface area contributed by atoms with Gasteiger partial charge in [-0.1, -0.05) is 12.1 Å². The van der Waals surface area contributed by atoms with E-state index in [1.165, 1.54) is 25.9 Å². The van der Waals surface area contributed by atoms with Gasteiger partial charge in [0, 0.05) is 48.6 Å². The van der Waals surface area contributed by atoms with Gasteiger partial charge in [0.1, 0.15) is 5.65 Å². The minimum absolute atomic E-state index is 0.392. The Hall–Kier alpha value is -2.91. The topological polar surface area (TPSA) is 60.5 Å². The van der Waals surface area contributed by atoms with Gasteiger partial charge in [-0.3, -0.25) is 4.40 Å². The Morgan fingerprint density at radius 1 is 1.11 bits per heavy atom. The minimum Gasteiger partial charge on any atom is -0.341 e. The molecule has 0 saturated carbocycles. The van der Waals surface area contributed by atoms with Gasteiger partial charge in [-0.05, 0) is 45.5 Å². The lowest BCUT2D eigenvalue weighted by atomic mass is 9.86. The molecule has 2 aliphatic rings. The summed E-state index contributed by atoms with van der Waals surface area (Å²) in [6.45, 7) is 6.51. The van der Waals surface area contributed by atoms with Crippen molar-refractivity contribution in [3.05, 3.63) is 47.8 Å². The number of likely N-dealkylation sites (tertiary alicyclic amines) is 1. The minimum atomic E-state index is 0.392. The number of nitrogens with zero attached hydrogens (tertiary/aromatic N) is 6. The summed E-state index contributed by atoms with van der Waals surface area (Å²) in [5, 5.41) is 9.09. The Morgan fingerprint density at radius 3 is 2.61 bits per heavy atom. The van der Waals surface area contributed by atoms with E-state index in [9.17, 15) is 0 Å². The molecule has 1 aromatic carbocycles. The molecule has 4 heterocycles. The summed E-state index contributed by atoms with van der Waals surface area (Å²) in [5.74, 6) is 0.976. The van der Waals surface area contributed by atoms with Crippen LogP contribution in [0.4, 0.5) is 5.95 Å². The van der Waals surface area contributed by atoms with Crippen LogP contribution < -0.4 is 4.90 Å². The zero-order valence-electron chi connectivity index (χ0n) is 16.4. The number of fused-ring (bicyclic) bond motifs is 1. The zero-order chi connectivity index (χ0) is 19.3. The second-order valence-corrected chi connectivity index (χ2v) is 8.35. The van der Waals surface area contributed by atoms with E-state index in [0.29, 0.717) is 11.0 Å². The first-order chi connectivity index (χ1) is 13.6. The molecule has 1 spiro atoms. The van der Waals surface area contributed by atoms with Crippen molar-refractivity contribution in [1.29, 1.82) is 5.26 Å². The fourth-order valence-electron chi connectivity index (χ4n) is 4.89. The maximum absolute atomic E-state index is 9.09. The molecule has 2 fully saturated rings. The molecule has 2 saturated heterocycles. The average Bonchev–Trinajstić information content (AvgIpc) is 3.44. The van der Waals surface area contributed by atoms with Crippen LogP contribution in [0.5, 0.6) is 0 Å². The second-order valence-electron chi connectivity index (χ2n) is 8.35. The van der Waals surface area contributed by atoms with Crippen molar-refractivity contribution in [3.63, 3.8) is 0 Å². The van der Waals surface area contributed by atoms with Crippen LogP contribution in [0.1, 0.15) is 24.0 Å². The average molecular weight is 372 g/mol. The van der Waals surface area contributed by atoms with Crippen LogP contribution in [0.15, 0.2) is 36.7 Å². The summed E-state index contributed by atoms with van der Waals surface area (Å²) in [6.07, 6.45) is 6.35. The first-order valence-electron chi connectivity index (χ1n) is 9.86. The Labute approximate surface area is 165 Å². The second kappa shape index (κ2) is 6.32. The van der Waals surface area contributed by atoms with Crippen LogP contribution >= 0.6 is 0 Å². The van der Waals surface area contributed by atoms with E-state index in [-0.39, 0.29) is 0 Å². The van der Waals surface area contributed by atoms with Crippen molar-refractivity contribution in [1.82, 2.24) is 19.3 Å². The van der Waals surface area contributed by atoms with E-state index in [4.69, 9.17) is 10.2 Å². The normalized spacial score (nSPS) is 22.4. The van der Waals surface area contributed by atoms with Crippen LogP contribution in [-0.2, 0) is 0 Å². The van der Waals surface area contributed by atoms with Crippen molar-refractivity contribution >= 4 is 11.6 Å². The molecule has 2 aliphatic heterocycles. The van der Waals surface area contributed by atoms with Crippen molar-refractivity contribution in [2.45, 2.75) is 19.8 Å². The predicted molar refractivity (Wildman–Crippen MR) is 109 cm³/mol. The molecule has 0 aliphatic carbocycles. The van der Waals surface area contributed by atoms with E-state index < -0.39 is 0 Å². The summed E-state index contributed by atoms with van der Waals surface area (Å²) >= 11 is 0. The van der Waals surface area contributed by atoms with Gasteiger partial charge in [0.25, 0.3) is 0 Å². The van der Waals surface area contributed by atoms with Crippen molar-refractivity contribution in [2.75, 3.05) is 38.1 Å². The van der Waals surface area contributed by atoms with Crippen LogP contribution in [0, 0.1) is 23.7 Å². The third-order valence-corrected chi connectivity index (χ3v) is 6.40. The third kappa shape index (κ3) is 2.66. The molecular weight excluding hydrogens is 348 g/mol. The van der Waals surface area contributed by atoms with Gasteiger partial charge in [0.2, 0.25) is 5.95 Å². The van der Waals surface area contributed by atoms with E-state index in [1.807, 2.05) is 36.7 Å². The molecule has 3 aromatic rings. The lowest BCUT2D eigenvalue weighted by Gasteiger charge is -2.25. The number of hydrogen-bond donors (Lipinski definition) is 0. The summed E-state index contributed by atoms with van der Waals surface area (Å²) < 4.78 is 2.13. The number of hydrogen-bond acceptors (Lipinski definition) is 5. The maximum Gasteiger partial charge on any atom is 0.211 e. The number of anilines is 1. The number of aryl methyl sites for hydroxylation is 1. The largest absolute Gasteiger partial charge is 0.341 e. The standard InChI is InChI=1S/C22H24N6/c1-16-19(18-5-3-17(13-23)4-6-18)25-21(28-12-9-24-20(16)28)27-11-8-22(15-27)7-10-26(2)14-22/h3-6,9,12H,7-8,10-11,14-15H2,1-2H3. The Bertz CT molecular complexity index is 1080. The first-order valence-corrected chi connectivity index (χ1v) is 9.86. The molecule has 5 rings (SSSR count). The van der Waals surface area contributed by atoms with Gasteiger partial charge in [0.05, 0.1) is 17.3 Å². The zero-order valence-corrected chi connectivity index (χ0v) is 16.4. The number of nitriles is 1. The van der Waals surface area contributed by atoms with Crippen LogP contribution in [0.25, 0.3) is 16.9 Å². The number of benzene rings is 1. The van der Waals surface area contributed by atoms with Gasteiger partial charge in [-0.15, -0.1) is 0 Å². The molecule has 6 heteroatoms. The molecule has 6 nitrogen and oxygen atoms in total. The molecule has 0 N–H and O–H groups in total. The van der Waals surface area contributed by atoms with E-state index in [1.54, 1.807) is 0 Å². The number of rotatable bonds is 2. The molecule has 1 unspecified atom stereocenters. The van der Waals surface area contributed by atoms with Gasteiger partial charge >= 0.3 is 0 Å². The van der Waals surface area contributed by atoms with E-state index in [0.717, 1.165) is 41.5 Å². The molecule has 28 heavy (non-hydrogen) atoms. The predicted octanol–water partition coefficient (Wildman–Crippen LogP) is 3.11. The molecule has 0 amide bonds. The summed E-state index contributed by atoms with van der Waals surface area (Å²) in [5.41, 5.74) is 5.04. The molecule has 1 atom stereocenters. The SMILES string of the molecule is Cc1c(-c2ccc(C#N)cc2)nc(N2CCC3(CCN(C)C3)C2)n2ccnc12. The number of imidazole rings is 1. The van der Waals surface area contributed by atoms with Crippen molar-refractivity contribution < 1.29 is 0 Å². The highest BCUT2D eigenvalue weighted by molar-refractivity contribution is 5.72. The summed E-state index contributed by atoms with van der Waals surface area (Å²) in [6, 6.07) is 9.85. The smallest absolute Gasteiger partial charge is 0.211 e. The highest BCUT2D eigenvalue weighted by Gasteiger charge is 2.43. The van der Waals surface area contributed by atoms with Crippen molar-refractivity contribution in [2.24, 2.45) is 5.41 Å². The first kappa shape index (κ1) is 17.2. The molecule has 142 valence electrons. The highest BCUT2D eigenvalue weighted by Crippen LogP contribution is 2.41. The van der Waals surface area contributed by atoms with Crippen molar-refractivity contribution in [3.8, 4) is 17.3 Å². The molecule has 0 bridgehead atoms. The van der Waals surface area contributed by atoms with E-state index in [2.05, 4.69) is 39.2 Å². The monoisotopic (exact) mass is 372 g/mol.